The number of hydrogen-bond acceptors (Lipinski definition) is 4. The van der Waals surface area contributed by atoms with Gasteiger partial charge in [0.1, 0.15) is 5.52 Å². The Morgan fingerprint density at radius 3 is 0.910 bits per heavy atom. The van der Waals surface area contributed by atoms with E-state index in [9.17, 15) is 0 Å². The highest BCUT2D eigenvalue weighted by atomic mass is 16.3. The number of pyridine rings is 2. The molecule has 0 spiro atoms. The molecule has 0 fully saturated rings. The van der Waals surface area contributed by atoms with Crippen molar-refractivity contribution < 1.29 is 4.42 Å². The van der Waals surface area contributed by atoms with E-state index in [1.807, 2.05) is 24.3 Å². The van der Waals surface area contributed by atoms with Gasteiger partial charge in [-0.05, 0) is 144 Å². The van der Waals surface area contributed by atoms with Crippen LogP contribution in [0.15, 0.2) is 241 Å². The van der Waals surface area contributed by atoms with Crippen molar-refractivity contribution in [3.63, 3.8) is 0 Å². The largest absolute Gasteiger partial charge is 0.436 e. The molecule has 0 amide bonds. The van der Waals surface area contributed by atoms with Crippen molar-refractivity contribution in [2.24, 2.45) is 0 Å². The number of rotatable bonds is 7. The van der Waals surface area contributed by atoms with Gasteiger partial charge in [-0.25, -0.2) is 15.0 Å². The molecule has 312 valence electrons. The van der Waals surface area contributed by atoms with Crippen molar-refractivity contribution in [2.45, 2.75) is 0 Å². The van der Waals surface area contributed by atoms with Crippen LogP contribution in [-0.2, 0) is 0 Å². The number of oxazole rings is 1. The third-order valence-electron chi connectivity index (χ3n) is 13.0. The molecule has 0 aliphatic carbocycles. The molecule has 4 nitrogen and oxygen atoms in total. The van der Waals surface area contributed by atoms with Crippen molar-refractivity contribution in [1.29, 1.82) is 0 Å². The van der Waals surface area contributed by atoms with E-state index < -0.39 is 0 Å². The summed E-state index contributed by atoms with van der Waals surface area (Å²) in [5.74, 6) is 0.557. The SMILES string of the molecule is c1ccc2cc(-c3cc(-c4cc(-c5cc(-c6ccc7ccccc7c6)nc(-c6ccc7ccccc7c6)c5)cc(-c5nc6ccccc6o5)c4)cc(-c4ccc5ccccc5c4)n3)ccc2c1. The molecule has 13 rings (SSSR count). The quantitative estimate of drug-likeness (QED) is 0.160. The Morgan fingerprint density at radius 2 is 0.537 bits per heavy atom. The second-order valence-corrected chi connectivity index (χ2v) is 17.3. The van der Waals surface area contributed by atoms with Crippen LogP contribution in [0.1, 0.15) is 0 Å². The Labute approximate surface area is 387 Å². The summed E-state index contributed by atoms with van der Waals surface area (Å²) in [6.45, 7) is 0. The first-order valence-electron chi connectivity index (χ1n) is 22.6. The van der Waals surface area contributed by atoms with Gasteiger partial charge in [-0.1, -0.05) is 158 Å². The van der Waals surface area contributed by atoms with Crippen LogP contribution in [0.4, 0.5) is 0 Å². The smallest absolute Gasteiger partial charge is 0.227 e. The standard InChI is InChI=1S/C63H39N3O/c1-5-15-44-29-48(25-21-40(44)11-1)58-36-54(37-59(64-58)49-26-22-41-12-2-6-16-45(41)30-49)52-33-53(35-56(34-52)63-66-57-19-9-10-20-62(57)67-63)55-38-60(50-27-23-42-13-3-7-17-46(42)31-50)65-61(39-55)51-28-24-43-14-4-8-18-47(43)32-51/h1-39H. The Bertz CT molecular complexity index is 3620. The van der Waals surface area contributed by atoms with Crippen LogP contribution >= 0.6 is 0 Å². The second-order valence-electron chi connectivity index (χ2n) is 17.3. The summed E-state index contributed by atoms with van der Waals surface area (Å²) in [5, 5.41) is 9.44. The number of hydrogen-bond donors (Lipinski definition) is 0. The Balaban J connectivity index is 1.05. The maximum Gasteiger partial charge on any atom is 0.227 e. The molecule has 10 aromatic carbocycles. The Kier molecular flexibility index (Phi) is 9.14. The van der Waals surface area contributed by atoms with Crippen molar-refractivity contribution in [2.75, 3.05) is 0 Å². The molecule has 67 heavy (non-hydrogen) atoms. The average Bonchev–Trinajstić information content (AvgIpc) is 3.85. The second kappa shape index (κ2) is 15.9. The minimum atomic E-state index is 0.557. The van der Waals surface area contributed by atoms with Crippen molar-refractivity contribution >= 4 is 54.2 Å². The van der Waals surface area contributed by atoms with Gasteiger partial charge >= 0.3 is 0 Å². The van der Waals surface area contributed by atoms with E-state index in [0.717, 1.165) is 83.9 Å². The van der Waals surface area contributed by atoms with Gasteiger partial charge in [-0.3, -0.25) is 0 Å². The van der Waals surface area contributed by atoms with E-state index in [-0.39, 0.29) is 0 Å². The molecular formula is C63H39N3O. The van der Waals surface area contributed by atoms with Gasteiger partial charge in [0.05, 0.1) is 22.8 Å². The van der Waals surface area contributed by atoms with Crippen LogP contribution in [0.2, 0.25) is 0 Å². The fourth-order valence-electron chi connectivity index (χ4n) is 9.46. The Morgan fingerprint density at radius 1 is 0.224 bits per heavy atom. The average molecular weight is 854 g/mol. The number of para-hydroxylation sites is 2. The van der Waals surface area contributed by atoms with Crippen LogP contribution in [-0.4, -0.2) is 15.0 Å². The molecule has 13 aromatic rings. The summed E-state index contributed by atoms with van der Waals surface area (Å²) in [6.07, 6.45) is 0. The van der Waals surface area contributed by atoms with E-state index in [4.69, 9.17) is 19.4 Å². The lowest BCUT2D eigenvalue weighted by Crippen LogP contribution is -1.94. The maximum absolute atomic E-state index is 6.54. The number of nitrogens with zero attached hydrogens (tertiary/aromatic N) is 3. The predicted molar refractivity (Wildman–Crippen MR) is 278 cm³/mol. The zero-order chi connectivity index (χ0) is 44.3. The molecule has 0 radical (unpaired) electrons. The van der Waals surface area contributed by atoms with Gasteiger partial charge in [0, 0.05) is 27.8 Å². The minimum Gasteiger partial charge on any atom is -0.436 e. The third-order valence-corrected chi connectivity index (χ3v) is 13.0. The lowest BCUT2D eigenvalue weighted by Gasteiger charge is -2.15. The Hall–Kier alpha value is -8.99. The molecule has 3 aromatic heterocycles. The first-order chi connectivity index (χ1) is 33.1. The van der Waals surface area contributed by atoms with Gasteiger partial charge in [-0.2, -0.15) is 0 Å². The van der Waals surface area contributed by atoms with Crippen LogP contribution < -0.4 is 0 Å². The zero-order valence-electron chi connectivity index (χ0n) is 36.3. The highest BCUT2D eigenvalue weighted by Crippen LogP contribution is 2.40. The van der Waals surface area contributed by atoms with E-state index >= 15 is 0 Å². The minimum absolute atomic E-state index is 0.557. The van der Waals surface area contributed by atoms with Gasteiger partial charge in [0.15, 0.2) is 5.58 Å². The summed E-state index contributed by atoms with van der Waals surface area (Å²) >= 11 is 0. The molecule has 0 unspecified atom stereocenters. The highest BCUT2D eigenvalue weighted by molar-refractivity contribution is 5.93. The van der Waals surface area contributed by atoms with Gasteiger partial charge < -0.3 is 4.42 Å². The lowest BCUT2D eigenvalue weighted by molar-refractivity contribution is 0.620. The molecule has 0 aliphatic heterocycles. The van der Waals surface area contributed by atoms with E-state index in [0.29, 0.717) is 5.89 Å². The molecule has 0 bridgehead atoms. The molecule has 0 atom stereocenters. The highest BCUT2D eigenvalue weighted by Gasteiger charge is 2.18. The first kappa shape index (κ1) is 38.5. The van der Waals surface area contributed by atoms with Gasteiger partial charge in [0.25, 0.3) is 0 Å². The van der Waals surface area contributed by atoms with Crippen molar-refractivity contribution in [3.8, 4) is 78.7 Å². The maximum atomic E-state index is 6.54. The van der Waals surface area contributed by atoms with Crippen LogP contribution in [0.5, 0.6) is 0 Å². The fourth-order valence-corrected chi connectivity index (χ4v) is 9.46. The van der Waals surface area contributed by atoms with Crippen molar-refractivity contribution in [1.82, 2.24) is 15.0 Å². The molecule has 4 heteroatoms. The van der Waals surface area contributed by atoms with E-state index in [2.05, 4.69) is 212 Å². The summed E-state index contributed by atoms with van der Waals surface area (Å²) < 4.78 is 6.54. The summed E-state index contributed by atoms with van der Waals surface area (Å²) in [4.78, 5) is 15.8. The van der Waals surface area contributed by atoms with Gasteiger partial charge in [-0.15, -0.1) is 0 Å². The number of benzene rings is 10. The van der Waals surface area contributed by atoms with Crippen LogP contribution in [0, 0.1) is 0 Å². The molecule has 0 N–H and O–H groups in total. The number of fused-ring (bicyclic) bond motifs is 5. The summed E-state index contributed by atoms with van der Waals surface area (Å²) in [6, 6.07) is 83.9. The van der Waals surface area contributed by atoms with Crippen LogP contribution in [0.3, 0.4) is 0 Å². The molecule has 0 saturated heterocycles. The predicted octanol–water partition coefficient (Wildman–Crippen LogP) is 16.9. The third kappa shape index (κ3) is 7.27. The lowest BCUT2D eigenvalue weighted by atomic mass is 9.92. The molecule has 3 heterocycles. The molecular weight excluding hydrogens is 815 g/mol. The zero-order valence-corrected chi connectivity index (χ0v) is 36.3. The van der Waals surface area contributed by atoms with Crippen molar-refractivity contribution in [3.05, 3.63) is 237 Å². The van der Waals surface area contributed by atoms with E-state index in [1.165, 1.54) is 43.1 Å². The van der Waals surface area contributed by atoms with Crippen LogP contribution in [0.25, 0.3) is 133 Å². The van der Waals surface area contributed by atoms with E-state index in [1.54, 1.807) is 0 Å². The summed E-state index contributed by atoms with van der Waals surface area (Å²) in [7, 11) is 0. The van der Waals surface area contributed by atoms with Gasteiger partial charge in [0.2, 0.25) is 5.89 Å². The topological polar surface area (TPSA) is 51.8 Å². The monoisotopic (exact) mass is 853 g/mol. The summed E-state index contributed by atoms with van der Waals surface area (Å²) in [5.41, 5.74) is 14.3. The first-order valence-corrected chi connectivity index (χ1v) is 22.6. The number of aromatic nitrogens is 3. The molecule has 0 aliphatic rings. The normalized spacial score (nSPS) is 11.6. The molecule has 0 saturated carbocycles. The fraction of sp³-hybridized carbons (Fsp3) is 0.